The van der Waals surface area contributed by atoms with Crippen LogP contribution in [-0.2, 0) is 13.0 Å². The molecule has 2 aromatic rings. The fourth-order valence-electron chi connectivity index (χ4n) is 2.88. The van der Waals surface area contributed by atoms with E-state index in [-0.39, 0.29) is 0 Å². The van der Waals surface area contributed by atoms with Crippen LogP contribution in [0.1, 0.15) is 43.4 Å². The molecule has 1 saturated carbocycles. The van der Waals surface area contributed by atoms with Crippen molar-refractivity contribution >= 4 is 0 Å². The van der Waals surface area contributed by atoms with Gasteiger partial charge >= 0.3 is 0 Å². The van der Waals surface area contributed by atoms with Gasteiger partial charge in [-0.3, -0.25) is 4.98 Å². The first-order valence-corrected chi connectivity index (χ1v) is 8.15. The smallest absolute Gasteiger partial charge is 0.0363 e. The first-order valence-electron chi connectivity index (χ1n) is 8.15. The van der Waals surface area contributed by atoms with Gasteiger partial charge in [0.05, 0.1) is 0 Å². The Balaban J connectivity index is 1.59. The zero-order chi connectivity index (χ0) is 14.5. The average molecular weight is 283 g/mol. The standard InChI is InChI=1S/C18H25N3/c1-2-9-20-18(16-3-4-16)17-8-13-21(14-17)12-7-15-5-10-19-11-6-15/h5-6,8,10-11,13-14,16,18,20H,2-4,7,9,12H2,1H3. The summed E-state index contributed by atoms with van der Waals surface area (Å²) in [6.45, 7) is 4.38. The van der Waals surface area contributed by atoms with Gasteiger partial charge in [0.1, 0.15) is 0 Å². The van der Waals surface area contributed by atoms with Gasteiger partial charge in [-0.05, 0) is 67.5 Å². The monoisotopic (exact) mass is 283 g/mol. The van der Waals surface area contributed by atoms with E-state index in [1.54, 1.807) is 0 Å². The van der Waals surface area contributed by atoms with Crippen LogP contribution >= 0.6 is 0 Å². The number of nitrogens with one attached hydrogen (secondary N) is 1. The van der Waals surface area contributed by atoms with Gasteiger partial charge in [-0.25, -0.2) is 0 Å². The van der Waals surface area contributed by atoms with Crippen LogP contribution in [0.25, 0.3) is 0 Å². The molecule has 1 atom stereocenters. The molecule has 3 rings (SSSR count). The highest BCUT2D eigenvalue weighted by Crippen LogP contribution is 2.41. The predicted molar refractivity (Wildman–Crippen MR) is 86.1 cm³/mol. The predicted octanol–water partition coefficient (Wildman–Crippen LogP) is 3.58. The van der Waals surface area contributed by atoms with Gasteiger partial charge < -0.3 is 9.88 Å². The molecule has 0 amide bonds. The van der Waals surface area contributed by atoms with Crippen molar-refractivity contribution in [3.8, 4) is 0 Å². The number of rotatable bonds is 8. The van der Waals surface area contributed by atoms with E-state index in [1.807, 2.05) is 12.4 Å². The number of aryl methyl sites for hydroxylation is 2. The van der Waals surface area contributed by atoms with Gasteiger partial charge in [-0.1, -0.05) is 6.92 Å². The Hall–Kier alpha value is -1.61. The topological polar surface area (TPSA) is 29.9 Å². The molecule has 0 saturated heterocycles. The molecule has 112 valence electrons. The van der Waals surface area contributed by atoms with Gasteiger partial charge in [-0.2, -0.15) is 0 Å². The molecule has 2 aromatic heterocycles. The molecule has 3 nitrogen and oxygen atoms in total. The zero-order valence-corrected chi connectivity index (χ0v) is 12.8. The first kappa shape index (κ1) is 14.3. The minimum atomic E-state index is 0.562. The maximum atomic E-state index is 4.07. The summed E-state index contributed by atoms with van der Waals surface area (Å²) in [4.78, 5) is 4.07. The van der Waals surface area contributed by atoms with Crippen LogP contribution in [0.3, 0.4) is 0 Å². The van der Waals surface area contributed by atoms with Gasteiger partial charge in [0, 0.05) is 37.4 Å². The minimum absolute atomic E-state index is 0.562. The van der Waals surface area contributed by atoms with Crippen molar-refractivity contribution in [2.75, 3.05) is 6.54 Å². The summed E-state index contributed by atoms with van der Waals surface area (Å²) >= 11 is 0. The van der Waals surface area contributed by atoms with Crippen molar-refractivity contribution in [1.29, 1.82) is 0 Å². The largest absolute Gasteiger partial charge is 0.354 e. The van der Waals surface area contributed by atoms with E-state index in [0.717, 1.165) is 25.4 Å². The Bertz CT molecular complexity index is 543. The molecule has 21 heavy (non-hydrogen) atoms. The maximum Gasteiger partial charge on any atom is 0.0363 e. The lowest BCUT2D eigenvalue weighted by Gasteiger charge is -2.16. The molecule has 2 heterocycles. The van der Waals surface area contributed by atoms with Crippen LogP contribution in [0, 0.1) is 5.92 Å². The van der Waals surface area contributed by atoms with Crippen LogP contribution in [0.15, 0.2) is 43.0 Å². The number of hydrogen-bond donors (Lipinski definition) is 1. The molecule has 1 aliphatic rings. The first-order chi connectivity index (χ1) is 10.4. The van der Waals surface area contributed by atoms with E-state index in [2.05, 4.69) is 52.4 Å². The lowest BCUT2D eigenvalue weighted by molar-refractivity contribution is 0.480. The number of hydrogen-bond acceptors (Lipinski definition) is 2. The maximum absolute atomic E-state index is 4.07. The summed E-state index contributed by atoms with van der Waals surface area (Å²) < 4.78 is 2.32. The van der Waals surface area contributed by atoms with Crippen LogP contribution in [0.4, 0.5) is 0 Å². The molecule has 3 heteroatoms. The molecule has 1 fully saturated rings. The van der Waals surface area contributed by atoms with Gasteiger partial charge in [-0.15, -0.1) is 0 Å². The molecular weight excluding hydrogens is 258 g/mol. The van der Waals surface area contributed by atoms with Crippen molar-refractivity contribution in [2.24, 2.45) is 5.92 Å². The SMILES string of the molecule is CCCNC(c1ccn(CCc2ccncc2)c1)C1CC1. The van der Waals surface area contributed by atoms with Gasteiger partial charge in [0.15, 0.2) is 0 Å². The van der Waals surface area contributed by atoms with Crippen molar-refractivity contribution in [3.63, 3.8) is 0 Å². The molecule has 0 bridgehead atoms. The zero-order valence-electron chi connectivity index (χ0n) is 12.8. The second kappa shape index (κ2) is 6.90. The summed E-state index contributed by atoms with van der Waals surface area (Å²) in [5.74, 6) is 0.854. The van der Waals surface area contributed by atoms with Crippen LogP contribution in [0.2, 0.25) is 0 Å². The molecule has 0 spiro atoms. The summed E-state index contributed by atoms with van der Waals surface area (Å²) in [6, 6.07) is 7.05. The molecule has 0 radical (unpaired) electrons. The highest BCUT2D eigenvalue weighted by Gasteiger charge is 2.32. The highest BCUT2D eigenvalue weighted by molar-refractivity contribution is 5.19. The molecule has 1 aliphatic carbocycles. The molecule has 0 aliphatic heterocycles. The van der Waals surface area contributed by atoms with Crippen LogP contribution in [0.5, 0.6) is 0 Å². The van der Waals surface area contributed by atoms with Crippen molar-refractivity contribution < 1.29 is 0 Å². The Morgan fingerprint density at radius 1 is 1.29 bits per heavy atom. The minimum Gasteiger partial charge on any atom is -0.354 e. The van der Waals surface area contributed by atoms with Crippen molar-refractivity contribution in [1.82, 2.24) is 14.9 Å². The molecule has 1 N–H and O–H groups in total. The summed E-state index contributed by atoms with van der Waals surface area (Å²) in [7, 11) is 0. The molecule has 0 aromatic carbocycles. The quantitative estimate of drug-likeness (QED) is 0.802. The normalized spacial score (nSPS) is 16.0. The van der Waals surface area contributed by atoms with Crippen LogP contribution < -0.4 is 5.32 Å². The third-order valence-corrected chi connectivity index (χ3v) is 4.25. The number of aromatic nitrogens is 2. The summed E-state index contributed by atoms with van der Waals surface area (Å²) in [5, 5.41) is 3.71. The molecule has 1 unspecified atom stereocenters. The Morgan fingerprint density at radius 3 is 2.81 bits per heavy atom. The van der Waals surface area contributed by atoms with E-state index in [0.29, 0.717) is 6.04 Å². The summed E-state index contributed by atoms with van der Waals surface area (Å²) in [5.41, 5.74) is 2.81. The van der Waals surface area contributed by atoms with Crippen molar-refractivity contribution in [2.45, 2.75) is 45.2 Å². The van der Waals surface area contributed by atoms with Gasteiger partial charge in [0.2, 0.25) is 0 Å². The van der Waals surface area contributed by atoms with Crippen molar-refractivity contribution in [3.05, 3.63) is 54.1 Å². The Morgan fingerprint density at radius 2 is 2.10 bits per heavy atom. The average Bonchev–Trinajstić information content (AvgIpc) is 3.25. The third-order valence-electron chi connectivity index (χ3n) is 4.25. The van der Waals surface area contributed by atoms with E-state index in [1.165, 1.54) is 30.4 Å². The third kappa shape index (κ3) is 3.94. The summed E-state index contributed by atoms with van der Waals surface area (Å²) in [6.07, 6.45) is 13.3. The van der Waals surface area contributed by atoms with E-state index in [9.17, 15) is 0 Å². The highest BCUT2D eigenvalue weighted by atomic mass is 15.0. The Labute approximate surface area is 127 Å². The number of pyridine rings is 1. The number of nitrogens with zero attached hydrogens (tertiary/aromatic N) is 2. The van der Waals surface area contributed by atoms with E-state index < -0.39 is 0 Å². The second-order valence-electron chi connectivity index (χ2n) is 6.06. The van der Waals surface area contributed by atoms with Crippen LogP contribution in [-0.4, -0.2) is 16.1 Å². The Kier molecular flexibility index (Phi) is 4.71. The lowest BCUT2D eigenvalue weighted by Crippen LogP contribution is -2.23. The van der Waals surface area contributed by atoms with E-state index in [4.69, 9.17) is 0 Å². The lowest BCUT2D eigenvalue weighted by atomic mass is 10.1. The van der Waals surface area contributed by atoms with Gasteiger partial charge in [0.25, 0.3) is 0 Å². The fourth-order valence-corrected chi connectivity index (χ4v) is 2.88. The van der Waals surface area contributed by atoms with E-state index >= 15 is 0 Å². The fraction of sp³-hybridized carbons (Fsp3) is 0.500. The second-order valence-corrected chi connectivity index (χ2v) is 6.06. The molecular formula is C18H25N3.